The summed E-state index contributed by atoms with van der Waals surface area (Å²) in [6, 6.07) is 0. The Labute approximate surface area is 170 Å². The summed E-state index contributed by atoms with van der Waals surface area (Å²) in [5.41, 5.74) is 0. The zero-order valence-corrected chi connectivity index (χ0v) is 20.1. The minimum atomic E-state index is -6.39. The van der Waals surface area contributed by atoms with Crippen molar-refractivity contribution >= 4 is 26.3 Å². The lowest BCUT2D eigenvalue weighted by Crippen LogP contribution is -2.60. The highest BCUT2D eigenvalue weighted by Gasteiger charge is 2.66. The smallest absolute Gasteiger partial charge is 0.455 e. The molecule has 0 N–H and O–H groups in total. The van der Waals surface area contributed by atoms with E-state index in [4.69, 9.17) is 4.12 Å². The van der Waals surface area contributed by atoms with Gasteiger partial charge in [0.2, 0.25) is 0 Å². The van der Waals surface area contributed by atoms with Gasteiger partial charge in [-0.05, 0) is 32.6 Å². The first-order valence-electron chi connectivity index (χ1n) is 9.28. The third kappa shape index (κ3) is 10.7. The van der Waals surface area contributed by atoms with Crippen molar-refractivity contribution in [1.29, 1.82) is 0 Å². The van der Waals surface area contributed by atoms with E-state index in [1.54, 1.807) is 13.1 Å². The second-order valence-corrected chi connectivity index (χ2v) is 16.8. The molecule has 0 aliphatic heterocycles. The van der Waals surface area contributed by atoms with Gasteiger partial charge in [-0.15, -0.1) is 13.2 Å². The van der Waals surface area contributed by atoms with E-state index >= 15 is 4.11 Å². The van der Waals surface area contributed by atoms with Crippen LogP contribution in [0.25, 0.3) is 0 Å². The van der Waals surface area contributed by atoms with Gasteiger partial charge in [-0.25, -0.2) is 12.9 Å². The molecule has 2 unspecified atom stereocenters. The first-order valence-corrected chi connectivity index (χ1v) is 16.4. The molecule has 0 bridgehead atoms. The Kier molecular flexibility index (Phi) is 11.5. The lowest BCUT2D eigenvalue weighted by molar-refractivity contribution is -0.320. The highest BCUT2D eigenvalue weighted by Crippen LogP contribution is 2.45. The van der Waals surface area contributed by atoms with Crippen LogP contribution in [0.3, 0.4) is 0 Å². The SMILES string of the molecule is CCCCCCCC([Si](C)(C)O[Si](C)C)[Si](F)(OC(F)(F)F)OC(F)(F)C(F)F. The van der Waals surface area contributed by atoms with Crippen LogP contribution in [0.2, 0.25) is 31.4 Å². The second kappa shape index (κ2) is 11.6. The van der Waals surface area contributed by atoms with E-state index in [1.165, 1.54) is 13.1 Å². The Morgan fingerprint density at radius 3 is 1.83 bits per heavy atom. The van der Waals surface area contributed by atoms with E-state index in [0.29, 0.717) is 6.42 Å². The molecule has 0 saturated heterocycles. The predicted octanol–water partition coefficient (Wildman–Crippen LogP) is 7.05. The van der Waals surface area contributed by atoms with Crippen molar-refractivity contribution < 1.29 is 47.8 Å². The van der Waals surface area contributed by atoms with Gasteiger partial charge in [-0.2, -0.15) is 8.78 Å². The maximum absolute atomic E-state index is 15.5. The number of rotatable bonds is 14. The second-order valence-electron chi connectivity index (χ2n) is 7.46. The third-order valence-corrected chi connectivity index (χ3v) is 15.1. The molecular weight excluding hydrogens is 464 g/mol. The number of alkyl halides is 7. The fourth-order valence-electron chi connectivity index (χ4n) is 3.04. The summed E-state index contributed by atoms with van der Waals surface area (Å²) in [7, 11) is -11.4. The first-order chi connectivity index (χ1) is 13.0. The normalized spacial score (nSPS) is 17.1. The molecule has 2 atom stereocenters. The molecule has 14 heteroatoms. The monoisotopic (exact) mass is 493 g/mol. The number of unbranched alkanes of at least 4 members (excludes halogenated alkanes) is 4. The fourth-order valence-corrected chi connectivity index (χ4v) is 14.6. The Bertz CT molecular complexity index is 480. The van der Waals surface area contributed by atoms with Crippen LogP contribution in [0.4, 0.5) is 34.8 Å². The van der Waals surface area contributed by atoms with E-state index in [2.05, 4.69) is 8.85 Å². The van der Waals surface area contributed by atoms with Crippen LogP contribution in [-0.4, -0.2) is 45.1 Å². The van der Waals surface area contributed by atoms with Crippen molar-refractivity contribution in [2.75, 3.05) is 0 Å². The van der Waals surface area contributed by atoms with Crippen LogP contribution < -0.4 is 0 Å². The third-order valence-electron chi connectivity index (χ3n) is 4.10. The Morgan fingerprint density at radius 1 is 0.897 bits per heavy atom. The minimum absolute atomic E-state index is 0.212. The summed E-state index contributed by atoms with van der Waals surface area (Å²) in [5.74, 6) is 0. The summed E-state index contributed by atoms with van der Waals surface area (Å²) in [6.07, 6.45) is -12.7. The van der Waals surface area contributed by atoms with E-state index in [-0.39, 0.29) is 12.8 Å². The average Bonchev–Trinajstić information content (AvgIpc) is 2.46. The largest absolute Gasteiger partial charge is 0.553 e. The lowest BCUT2D eigenvalue weighted by Gasteiger charge is -2.40. The van der Waals surface area contributed by atoms with Crippen molar-refractivity contribution in [3.8, 4) is 0 Å². The van der Waals surface area contributed by atoms with Crippen LogP contribution in [-0.2, 0) is 13.0 Å². The molecule has 1 radical (unpaired) electrons. The van der Waals surface area contributed by atoms with Gasteiger partial charge >= 0.3 is 27.8 Å². The van der Waals surface area contributed by atoms with Gasteiger partial charge in [-0.3, -0.25) is 4.43 Å². The maximum atomic E-state index is 15.5. The highest BCUT2D eigenvalue weighted by atomic mass is 28.5. The molecule has 0 aliphatic rings. The quantitative estimate of drug-likeness (QED) is 0.112. The van der Waals surface area contributed by atoms with Crippen molar-refractivity contribution in [3.63, 3.8) is 0 Å². The van der Waals surface area contributed by atoms with E-state index in [9.17, 15) is 30.7 Å². The first kappa shape index (κ1) is 29.0. The average molecular weight is 494 g/mol. The molecule has 0 aromatic rings. The number of hydrogen-bond acceptors (Lipinski definition) is 3. The standard InChI is InChI=1S/C15H29F8O3Si3/c1-6-7-8-9-10-11-12(28(4,5)26-27(2)3)29(23,25-15(20,21)22)24-14(18,19)13(16)17/h12-13H,6-11H2,1-5H3. The number of halogens is 8. The summed E-state index contributed by atoms with van der Waals surface area (Å²) in [6.45, 7) is 7.98. The molecule has 3 nitrogen and oxygen atoms in total. The predicted molar refractivity (Wildman–Crippen MR) is 99.2 cm³/mol. The van der Waals surface area contributed by atoms with Crippen LogP contribution in [0.1, 0.15) is 45.4 Å². The van der Waals surface area contributed by atoms with Gasteiger partial charge < -0.3 is 8.54 Å². The van der Waals surface area contributed by atoms with Crippen molar-refractivity contribution in [2.24, 2.45) is 0 Å². The molecule has 0 aromatic heterocycles. The molecule has 0 amide bonds. The Balaban J connectivity index is 5.96. The van der Waals surface area contributed by atoms with Gasteiger partial charge in [0.1, 0.15) is 0 Å². The van der Waals surface area contributed by atoms with Crippen LogP contribution in [0.5, 0.6) is 0 Å². The fraction of sp³-hybridized carbons (Fsp3) is 1.00. The molecule has 0 heterocycles. The topological polar surface area (TPSA) is 27.7 Å². The van der Waals surface area contributed by atoms with Crippen molar-refractivity contribution in [1.82, 2.24) is 0 Å². The minimum Gasteiger partial charge on any atom is -0.455 e. The zero-order valence-electron chi connectivity index (χ0n) is 17.1. The van der Waals surface area contributed by atoms with Gasteiger partial charge in [0, 0.05) is 0 Å². The molecule has 0 spiro atoms. The van der Waals surface area contributed by atoms with Crippen LogP contribution >= 0.6 is 0 Å². The highest BCUT2D eigenvalue weighted by molar-refractivity contribution is 6.90. The maximum Gasteiger partial charge on any atom is 0.553 e. The molecule has 175 valence electrons. The van der Waals surface area contributed by atoms with Crippen LogP contribution in [0, 0.1) is 0 Å². The zero-order chi connectivity index (χ0) is 23.1. The van der Waals surface area contributed by atoms with Crippen molar-refractivity contribution in [2.45, 2.75) is 95.7 Å². The summed E-state index contributed by atoms with van der Waals surface area (Å²) < 4.78 is 119. The molecule has 0 aliphatic carbocycles. The van der Waals surface area contributed by atoms with E-state index in [1.807, 2.05) is 6.92 Å². The van der Waals surface area contributed by atoms with E-state index in [0.717, 1.165) is 19.3 Å². The van der Waals surface area contributed by atoms with Gasteiger partial charge in [0.15, 0.2) is 17.4 Å². The molecule has 0 saturated carbocycles. The van der Waals surface area contributed by atoms with Gasteiger partial charge in [-0.1, -0.05) is 39.0 Å². The molecule has 0 rings (SSSR count). The molecule has 0 aromatic carbocycles. The van der Waals surface area contributed by atoms with Gasteiger partial charge in [0.25, 0.3) is 0 Å². The van der Waals surface area contributed by atoms with E-state index < -0.39 is 50.3 Å². The molecule has 0 fully saturated rings. The summed E-state index contributed by atoms with van der Waals surface area (Å²) in [4.78, 5) is 0. The van der Waals surface area contributed by atoms with Crippen LogP contribution in [0.15, 0.2) is 0 Å². The van der Waals surface area contributed by atoms with Gasteiger partial charge in [0.05, 0.1) is 5.16 Å². The summed E-state index contributed by atoms with van der Waals surface area (Å²) in [5, 5.41) is -1.78. The summed E-state index contributed by atoms with van der Waals surface area (Å²) >= 11 is 0. The Morgan fingerprint density at radius 2 is 1.41 bits per heavy atom. The number of hydrogen-bond donors (Lipinski definition) is 0. The Hall–Kier alpha value is -0.0294. The molecular formula is C15H29F8O3Si3. The lowest BCUT2D eigenvalue weighted by atomic mass is 10.1. The molecule has 29 heavy (non-hydrogen) atoms. The van der Waals surface area contributed by atoms with Crippen molar-refractivity contribution in [3.05, 3.63) is 0 Å².